The molecule has 0 spiro atoms. The highest BCUT2D eigenvalue weighted by atomic mass is 19.4. The number of alkyl halides is 3. The van der Waals surface area contributed by atoms with E-state index in [0.717, 1.165) is 11.6 Å². The van der Waals surface area contributed by atoms with Gasteiger partial charge < -0.3 is 23.8 Å². The molecule has 0 saturated carbocycles. The maximum Gasteiger partial charge on any atom is 0.419 e. The van der Waals surface area contributed by atoms with Gasteiger partial charge in [0.1, 0.15) is 41.6 Å². The number of nitrogens with zero attached hydrogens (tertiary/aromatic N) is 2. The van der Waals surface area contributed by atoms with Crippen LogP contribution in [0.15, 0.2) is 66.7 Å². The highest BCUT2D eigenvalue weighted by molar-refractivity contribution is 5.98. The summed E-state index contributed by atoms with van der Waals surface area (Å²) in [6.45, 7) is 10.2. The van der Waals surface area contributed by atoms with Crippen molar-refractivity contribution in [3.63, 3.8) is 0 Å². The zero-order chi connectivity index (χ0) is 35.3. The van der Waals surface area contributed by atoms with E-state index in [4.69, 9.17) is 18.9 Å². The molecule has 9 nitrogen and oxygen atoms in total. The second-order valence-corrected chi connectivity index (χ2v) is 13.4. The lowest BCUT2D eigenvalue weighted by Gasteiger charge is -2.29. The van der Waals surface area contributed by atoms with Crippen molar-refractivity contribution < 1.29 is 46.5 Å². The zero-order valence-electron chi connectivity index (χ0n) is 28.0. The number of carbonyl (C=O) groups is 3. The Morgan fingerprint density at radius 3 is 2.17 bits per heavy atom. The molecule has 1 aliphatic heterocycles. The molecule has 3 aromatic rings. The minimum absolute atomic E-state index is 0.0710. The monoisotopic (exact) mass is 670 g/mol. The normalized spacial score (nSPS) is 13.1. The van der Waals surface area contributed by atoms with E-state index < -0.39 is 35.0 Å². The topological polar surface area (TPSA) is 94.6 Å². The molecular weight excluding hydrogens is 629 g/mol. The number of amides is 2. The zero-order valence-corrected chi connectivity index (χ0v) is 28.0. The third-order valence-electron chi connectivity index (χ3n) is 6.96. The number of benzene rings is 3. The molecule has 48 heavy (non-hydrogen) atoms. The number of fused-ring (bicyclic) bond motifs is 1. The molecule has 0 bridgehead atoms. The molecule has 0 fully saturated rings. The summed E-state index contributed by atoms with van der Waals surface area (Å²) in [7, 11) is 0. The fourth-order valence-corrected chi connectivity index (χ4v) is 4.92. The van der Waals surface area contributed by atoms with Crippen molar-refractivity contribution in [2.24, 2.45) is 0 Å². The average Bonchev–Trinajstić information content (AvgIpc) is 3.40. The number of anilines is 1. The van der Waals surface area contributed by atoms with E-state index in [0.29, 0.717) is 30.0 Å². The number of esters is 1. The predicted octanol–water partition coefficient (Wildman–Crippen LogP) is 7.93. The van der Waals surface area contributed by atoms with Gasteiger partial charge in [0.25, 0.3) is 0 Å². The molecule has 0 saturated heterocycles. The van der Waals surface area contributed by atoms with E-state index in [1.807, 2.05) is 0 Å². The first-order valence-corrected chi connectivity index (χ1v) is 15.6. The molecule has 4 rings (SSSR count). The summed E-state index contributed by atoms with van der Waals surface area (Å²) in [6, 6.07) is 17.1. The van der Waals surface area contributed by atoms with Crippen molar-refractivity contribution in [2.45, 2.75) is 78.4 Å². The molecule has 0 aliphatic carbocycles. The van der Waals surface area contributed by atoms with Crippen LogP contribution in [0.5, 0.6) is 17.2 Å². The average molecular weight is 671 g/mol. The Hall–Kier alpha value is -4.74. The van der Waals surface area contributed by atoms with Crippen LogP contribution < -0.4 is 14.4 Å². The highest BCUT2D eigenvalue weighted by Gasteiger charge is 2.35. The summed E-state index contributed by atoms with van der Waals surface area (Å²) in [6.07, 6.45) is -4.98. The van der Waals surface area contributed by atoms with Gasteiger partial charge in [-0.05, 0) is 102 Å². The molecular formula is C36H41F3N2O7. The number of rotatable bonds is 10. The molecule has 1 aliphatic rings. The predicted molar refractivity (Wildman–Crippen MR) is 173 cm³/mol. The number of halogens is 3. The maximum absolute atomic E-state index is 13.9. The van der Waals surface area contributed by atoms with E-state index >= 15 is 0 Å². The molecule has 0 unspecified atom stereocenters. The summed E-state index contributed by atoms with van der Waals surface area (Å²) in [5.41, 5.74) is -0.686. The first-order valence-electron chi connectivity index (χ1n) is 15.6. The van der Waals surface area contributed by atoms with E-state index in [9.17, 15) is 27.6 Å². The van der Waals surface area contributed by atoms with Crippen molar-refractivity contribution in [3.8, 4) is 17.2 Å². The van der Waals surface area contributed by atoms with Gasteiger partial charge in [0.05, 0.1) is 12.0 Å². The van der Waals surface area contributed by atoms with E-state index in [-0.39, 0.29) is 43.5 Å². The summed E-state index contributed by atoms with van der Waals surface area (Å²) in [5, 5.41) is 0. The largest absolute Gasteiger partial charge is 0.489 e. The number of carbonyl (C=O) groups excluding carboxylic acids is 3. The molecule has 12 heteroatoms. The highest BCUT2D eigenvalue weighted by Crippen LogP contribution is 2.39. The van der Waals surface area contributed by atoms with Crippen LogP contribution in [0.3, 0.4) is 0 Å². The number of hydrogen-bond donors (Lipinski definition) is 0. The first kappa shape index (κ1) is 36.1. The lowest BCUT2D eigenvalue weighted by molar-refractivity contribution is -0.155. The van der Waals surface area contributed by atoms with Crippen LogP contribution in [0.2, 0.25) is 0 Å². The van der Waals surface area contributed by atoms with Gasteiger partial charge in [0, 0.05) is 18.8 Å². The molecule has 0 radical (unpaired) electrons. The molecule has 2 amide bonds. The second-order valence-electron chi connectivity index (χ2n) is 13.4. The van der Waals surface area contributed by atoms with E-state index in [1.54, 1.807) is 95.0 Å². The van der Waals surface area contributed by atoms with Gasteiger partial charge in [-0.15, -0.1) is 0 Å². The fraction of sp³-hybridized carbons (Fsp3) is 0.417. The molecule has 0 aromatic heterocycles. The van der Waals surface area contributed by atoms with Crippen LogP contribution in [-0.4, -0.2) is 53.7 Å². The minimum atomic E-state index is -4.64. The number of hydrogen-bond acceptors (Lipinski definition) is 7. The molecule has 0 atom stereocenters. The summed E-state index contributed by atoms with van der Waals surface area (Å²) in [5.74, 6) is -0.469. The van der Waals surface area contributed by atoms with Gasteiger partial charge in [-0.1, -0.05) is 24.3 Å². The molecule has 258 valence electrons. The van der Waals surface area contributed by atoms with Crippen LogP contribution in [0, 0.1) is 0 Å². The quantitative estimate of drug-likeness (QED) is 0.202. The Balaban J connectivity index is 1.42. The van der Waals surface area contributed by atoms with Gasteiger partial charge in [-0.2, -0.15) is 13.2 Å². The summed E-state index contributed by atoms with van der Waals surface area (Å²) in [4.78, 5) is 41.5. The van der Waals surface area contributed by atoms with Crippen LogP contribution in [0.4, 0.5) is 23.7 Å². The lowest BCUT2D eigenvalue weighted by atomic mass is 10.1. The van der Waals surface area contributed by atoms with Crippen molar-refractivity contribution in [3.05, 3.63) is 83.4 Å². The van der Waals surface area contributed by atoms with Gasteiger partial charge in [-0.25, -0.2) is 4.79 Å². The smallest absolute Gasteiger partial charge is 0.419 e. The number of ether oxygens (including phenoxy) is 4. The van der Waals surface area contributed by atoms with Crippen LogP contribution in [0.1, 0.15) is 64.7 Å². The standard InChI is InChI=1S/C36H41F3N2O7/c1-34(2,3)47-32(43)17-18-40(33(44)48-35(4,5)6)22-31(42)41-19-16-25-21-27(13-14-29(25)41)45-23-24-12-15-30(28(20-24)36(37,38)39)46-26-10-8-7-9-11-26/h7-15,20-21H,16-19,22-23H2,1-6H3. The minimum Gasteiger partial charge on any atom is -0.489 e. The van der Waals surface area contributed by atoms with Crippen LogP contribution in [0.25, 0.3) is 0 Å². The van der Waals surface area contributed by atoms with Gasteiger partial charge in [0.2, 0.25) is 5.91 Å². The van der Waals surface area contributed by atoms with E-state index in [2.05, 4.69) is 0 Å². The third kappa shape index (κ3) is 10.4. The first-order chi connectivity index (χ1) is 22.4. The Labute approximate surface area is 278 Å². The third-order valence-corrected chi connectivity index (χ3v) is 6.96. The van der Waals surface area contributed by atoms with Crippen molar-refractivity contribution in [1.82, 2.24) is 4.90 Å². The summed E-state index contributed by atoms with van der Waals surface area (Å²) < 4.78 is 63.8. The Kier molecular flexibility index (Phi) is 11.0. The van der Waals surface area contributed by atoms with Crippen LogP contribution >= 0.6 is 0 Å². The molecule has 0 N–H and O–H groups in total. The number of para-hydroxylation sites is 1. The SMILES string of the molecule is CC(C)(C)OC(=O)CCN(CC(=O)N1CCc2cc(OCc3ccc(Oc4ccccc4)c(C(F)(F)F)c3)ccc21)C(=O)OC(C)(C)C. The molecule has 1 heterocycles. The fourth-order valence-electron chi connectivity index (χ4n) is 4.92. The van der Waals surface area contributed by atoms with Gasteiger partial charge >= 0.3 is 18.2 Å². The lowest BCUT2D eigenvalue weighted by Crippen LogP contribution is -2.45. The Morgan fingerprint density at radius 2 is 1.52 bits per heavy atom. The Bertz CT molecular complexity index is 1610. The van der Waals surface area contributed by atoms with Crippen molar-refractivity contribution in [2.75, 3.05) is 24.5 Å². The van der Waals surface area contributed by atoms with E-state index in [1.165, 1.54) is 17.0 Å². The van der Waals surface area contributed by atoms with Crippen molar-refractivity contribution >= 4 is 23.7 Å². The van der Waals surface area contributed by atoms with Gasteiger partial charge in [0.15, 0.2) is 0 Å². The maximum atomic E-state index is 13.9. The Morgan fingerprint density at radius 1 is 0.833 bits per heavy atom. The van der Waals surface area contributed by atoms with Gasteiger partial charge in [-0.3, -0.25) is 14.5 Å². The molecule has 3 aromatic carbocycles. The van der Waals surface area contributed by atoms with Crippen LogP contribution in [-0.2, 0) is 38.3 Å². The van der Waals surface area contributed by atoms with Crippen molar-refractivity contribution in [1.29, 1.82) is 0 Å². The second kappa shape index (κ2) is 14.6. The summed E-state index contributed by atoms with van der Waals surface area (Å²) >= 11 is 0.